The Morgan fingerprint density at radius 1 is 0.794 bits per heavy atom. The van der Waals surface area contributed by atoms with Crippen LogP contribution < -0.4 is 0 Å². The predicted octanol–water partition coefficient (Wildman–Crippen LogP) is 3.94. The second-order valence-electron chi connectivity index (χ2n) is 8.05. The highest BCUT2D eigenvalue weighted by molar-refractivity contribution is 7.92. The van der Waals surface area contributed by atoms with Crippen LogP contribution >= 0.6 is 0 Å². The first-order chi connectivity index (χ1) is 16.5. The number of carbonyl (C=O) groups excluding carboxylic acids is 1. The minimum Gasteiger partial charge on any atom is -0.359 e. The summed E-state index contributed by atoms with van der Waals surface area (Å²) in [6.45, 7) is 1.11. The first-order valence-electron chi connectivity index (χ1n) is 11.3. The molecule has 0 bridgehead atoms. The molecule has 0 unspecified atom stereocenters. The van der Waals surface area contributed by atoms with E-state index in [1.165, 1.54) is 9.71 Å². The molecule has 1 saturated heterocycles. The fourth-order valence-corrected chi connectivity index (χ4v) is 5.07. The van der Waals surface area contributed by atoms with Crippen molar-refractivity contribution >= 4 is 22.0 Å². The second kappa shape index (κ2) is 11.2. The summed E-state index contributed by atoms with van der Waals surface area (Å²) in [6, 6.07) is 28.9. The van der Waals surface area contributed by atoms with Crippen molar-refractivity contribution in [2.24, 2.45) is 0 Å². The van der Waals surface area contributed by atoms with Gasteiger partial charge in [0, 0.05) is 31.6 Å². The maximum Gasteiger partial charge on any atom is 0.248 e. The standard InChI is InChI=1S/C27H28N2O4S/c30-26(22-33-27(24-12-6-2-7-13-24)25-14-8-3-9-15-25)28-17-19-29(20-18-28)34(31,32)21-16-23-10-4-1-5-11-23/h1-16,21,27H,17-20,22H2/b21-16+. The SMILES string of the molecule is O=C(COC(c1ccccc1)c1ccccc1)N1CCN(S(=O)(=O)/C=C/c2ccccc2)CC1. The summed E-state index contributed by atoms with van der Waals surface area (Å²) in [7, 11) is -3.54. The van der Waals surface area contributed by atoms with Crippen molar-refractivity contribution in [1.29, 1.82) is 0 Å². The lowest BCUT2D eigenvalue weighted by Gasteiger charge is -2.33. The minimum absolute atomic E-state index is 0.0743. The molecule has 0 aromatic heterocycles. The Morgan fingerprint density at radius 3 is 1.82 bits per heavy atom. The monoisotopic (exact) mass is 476 g/mol. The van der Waals surface area contributed by atoms with E-state index in [4.69, 9.17) is 4.74 Å². The molecule has 0 atom stereocenters. The van der Waals surface area contributed by atoms with E-state index in [1.807, 2.05) is 91.0 Å². The highest BCUT2D eigenvalue weighted by Gasteiger charge is 2.28. The van der Waals surface area contributed by atoms with E-state index in [0.717, 1.165) is 16.7 Å². The molecule has 176 valence electrons. The van der Waals surface area contributed by atoms with Gasteiger partial charge >= 0.3 is 0 Å². The van der Waals surface area contributed by atoms with Gasteiger partial charge in [-0.1, -0.05) is 91.0 Å². The maximum absolute atomic E-state index is 12.9. The number of hydrogen-bond acceptors (Lipinski definition) is 4. The largest absolute Gasteiger partial charge is 0.359 e. The molecule has 1 aliphatic rings. The summed E-state index contributed by atoms with van der Waals surface area (Å²) in [5.41, 5.74) is 2.77. The van der Waals surface area contributed by atoms with E-state index in [9.17, 15) is 13.2 Å². The van der Waals surface area contributed by atoms with Gasteiger partial charge in [-0.15, -0.1) is 0 Å². The van der Waals surface area contributed by atoms with Gasteiger partial charge in [0.1, 0.15) is 12.7 Å². The smallest absolute Gasteiger partial charge is 0.248 e. The molecule has 1 heterocycles. The van der Waals surface area contributed by atoms with E-state index < -0.39 is 10.0 Å². The van der Waals surface area contributed by atoms with Crippen LogP contribution in [0.2, 0.25) is 0 Å². The van der Waals surface area contributed by atoms with Crippen LogP contribution in [-0.2, 0) is 19.6 Å². The average Bonchev–Trinajstić information content (AvgIpc) is 2.89. The first-order valence-corrected chi connectivity index (χ1v) is 12.8. The van der Waals surface area contributed by atoms with Crippen LogP contribution in [0.25, 0.3) is 6.08 Å². The lowest BCUT2D eigenvalue weighted by atomic mass is 10.0. The van der Waals surface area contributed by atoms with Crippen molar-refractivity contribution in [3.05, 3.63) is 113 Å². The molecule has 0 spiro atoms. The number of ether oxygens (including phenoxy) is 1. The van der Waals surface area contributed by atoms with Gasteiger partial charge in [-0.05, 0) is 22.8 Å². The number of rotatable bonds is 8. The van der Waals surface area contributed by atoms with Crippen LogP contribution in [0.1, 0.15) is 22.8 Å². The van der Waals surface area contributed by atoms with Gasteiger partial charge in [0.2, 0.25) is 15.9 Å². The van der Waals surface area contributed by atoms with Crippen LogP contribution in [0.15, 0.2) is 96.4 Å². The van der Waals surface area contributed by atoms with Crippen LogP contribution in [0, 0.1) is 0 Å². The average molecular weight is 477 g/mol. The summed E-state index contributed by atoms with van der Waals surface area (Å²) >= 11 is 0. The van der Waals surface area contributed by atoms with Crippen molar-refractivity contribution in [2.75, 3.05) is 32.8 Å². The van der Waals surface area contributed by atoms with E-state index in [2.05, 4.69) is 0 Å². The summed E-state index contributed by atoms with van der Waals surface area (Å²) in [5.74, 6) is -0.145. The molecule has 4 rings (SSSR count). The number of carbonyl (C=O) groups is 1. The second-order valence-corrected chi connectivity index (χ2v) is 9.87. The first kappa shape index (κ1) is 23.9. The van der Waals surface area contributed by atoms with Crippen LogP contribution in [0.4, 0.5) is 0 Å². The third kappa shape index (κ3) is 6.20. The van der Waals surface area contributed by atoms with Crippen molar-refractivity contribution < 1.29 is 17.9 Å². The van der Waals surface area contributed by atoms with E-state index in [0.29, 0.717) is 13.1 Å². The molecule has 1 amide bonds. The highest BCUT2D eigenvalue weighted by Crippen LogP contribution is 2.26. The van der Waals surface area contributed by atoms with Gasteiger partial charge < -0.3 is 9.64 Å². The van der Waals surface area contributed by atoms with Crippen molar-refractivity contribution in [1.82, 2.24) is 9.21 Å². The third-order valence-electron chi connectivity index (χ3n) is 5.76. The molecule has 0 saturated carbocycles. The van der Waals surface area contributed by atoms with E-state index >= 15 is 0 Å². The molecular formula is C27H28N2O4S. The zero-order valence-corrected chi connectivity index (χ0v) is 19.7. The lowest BCUT2D eigenvalue weighted by Crippen LogP contribution is -2.51. The molecule has 1 aliphatic heterocycles. The summed E-state index contributed by atoms with van der Waals surface area (Å²) in [6.07, 6.45) is 1.24. The maximum atomic E-state index is 12.9. The van der Waals surface area contributed by atoms with Gasteiger partial charge in [0.25, 0.3) is 0 Å². The number of amides is 1. The topological polar surface area (TPSA) is 66.9 Å². The molecule has 1 fully saturated rings. The van der Waals surface area contributed by atoms with E-state index in [-0.39, 0.29) is 31.7 Å². The molecule has 0 N–H and O–H groups in total. The molecule has 0 radical (unpaired) electrons. The minimum atomic E-state index is -3.54. The Hall–Kier alpha value is -3.26. The predicted molar refractivity (Wildman–Crippen MR) is 133 cm³/mol. The Morgan fingerprint density at radius 2 is 1.29 bits per heavy atom. The molecular weight excluding hydrogens is 448 g/mol. The summed E-state index contributed by atoms with van der Waals surface area (Å²) < 4.78 is 32.8. The van der Waals surface area contributed by atoms with Crippen LogP contribution in [-0.4, -0.2) is 56.3 Å². The molecule has 0 aliphatic carbocycles. The zero-order valence-electron chi connectivity index (χ0n) is 18.9. The quantitative estimate of drug-likeness (QED) is 0.494. The van der Waals surface area contributed by atoms with Crippen molar-refractivity contribution in [2.45, 2.75) is 6.10 Å². The summed E-state index contributed by atoms with van der Waals surface area (Å²) in [5, 5.41) is 1.23. The van der Waals surface area contributed by atoms with Crippen LogP contribution in [0.3, 0.4) is 0 Å². The zero-order chi connectivity index (χ0) is 23.8. The molecule has 3 aromatic rings. The third-order valence-corrected chi connectivity index (χ3v) is 7.33. The Balaban J connectivity index is 1.33. The number of nitrogens with zero attached hydrogens (tertiary/aromatic N) is 2. The number of piperazine rings is 1. The number of hydrogen-bond donors (Lipinski definition) is 0. The van der Waals surface area contributed by atoms with Gasteiger partial charge in [0.15, 0.2) is 0 Å². The molecule has 3 aromatic carbocycles. The van der Waals surface area contributed by atoms with Gasteiger partial charge in [0.05, 0.1) is 0 Å². The highest BCUT2D eigenvalue weighted by atomic mass is 32.2. The van der Waals surface area contributed by atoms with Crippen molar-refractivity contribution in [3.8, 4) is 0 Å². The fraction of sp³-hybridized carbons (Fsp3) is 0.222. The summed E-state index contributed by atoms with van der Waals surface area (Å²) in [4.78, 5) is 14.5. The fourth-order valence-electron chi connectivity index (χ4n) is 3.89. The Kier molecular flexibility index (Phi) is 7.90. The lowest BCUT2D eigenvalue weighted by molar-refractivity contribution is -0.138. The molecule has 6 nitrogen and oxygen atoms in total. The van der Waals surface area contributed by atoms with Gasteiger partial charge in [-0.3, -0.25) is 4.79 Å². The van der Waals surface area contributed by atoms with Crippen LogP contribution in [0.5, 0.6) is 0 Å². The Bertz CT molecular complexity index is 1150. The van der Waals surface area contributed by atoms with E-state index in [1.54, 1.807) is 11.0 Å². The Labute approximate surface area is 201 Å². The van der Waals surface area contributed by atoms with Gasteiger partial charge in [-0.2, -0.15) is 4.31 Å². The van der Waals surface area contributed by atoms with Crippen molar-refractivity contribution in [3.63, 3.8) is 0 Å². The number of sulfonamides is 1. The molecule has 7 heteroatoms. The number of benzene rings is 3. The molecule has 34 heavy (non-hydrogen) atoms. The normalized spacial score (nSPS) is 15.1. The van der Waals surface area contributed by atoms with Gasteiger partial charge in [-0.25, -0.2) is 8.42 Å².